The van der Waals surface area contributed by atoms with Gasteiger partial charge in [0, 0.05) is 29.5 Å². The van der Waals surface area contributed by atoms with Crippen LogP contribution in [0, 0.1) is 0 Å². The molecule has 0 bridgehead atoms. The summed E-state index contributed by atoms with van der Waals surface area (Å²) in [6, 6.07) is 14.4. The van der Waals surface area contributed by atoms with Gasteiger partial charge in [-0.05, 0) is 35.7 Å². The van der Waals surface area contributed by atoms with Crippen molar-refractivity contribution in [3.8, 4) is 0 Å². The molecule has 0 saturated carbocycles. The summed E-state index contributed by atoms with van der Waals surface area (Å²) in [5.41, 5.74) is 10.7. The van der Waals surface area contributed by atoms with E-state index in [4.69, 9.17) is 17.3 Å². The molecule has 0 aromatic heterocycles. The maximum atomic E-state index is 6.11. The van der Waals surface area contributed by atoms with Crippen molar-refractivity contribution in [1.82, 2.24) is 0 Å². The summed E-state index contributed by atoms with van der Waals surface area (Å²) in [6.07, 6.45) is 1.08. The minimum absolute atomic E-state index is 0.533. The van der Waals surface area contributed by atoms with Gasteiger partial charge < -0.3 is 10.6 Å². The number of nitrogens with two attached hydrogens (primary N) is 1. The van der Waals surface area contributed by atoms with Gasteiger partial charge in [-0.3, -0.25) is 0 Å². The molecule has 2 nitrogen and oxygen atoms in total. The summed E-state index contributed by atoms with van der Waals surface area (Å²) < 4.78 is 0. The Kier molecular flexibility index (Phi) is 2.98. The van der Waals surface area contributed by atoms with Gasteiger partial charge in [0.1, 0.15) is 0 Å². The maximum Gasteiger partial charge on any atom is 0.0471 e. The molecule has 0 atom stereocenters. The quantitative estimate of drug-likeness (QED) is 0.893. The summed E-state index contributed by atoms with van der Waals surface area (Å²) >= 11 is 6.11. The highest BCUT2D eigenvalue weighted by molar-refractivity contribution is 6.30. The topological polar surface area (TPSA) is 29.3 Å². The van der Waals surface area contributed by atoms with Gasteiger partial charge in [0.25, 0.3) is 0 Å². The smallest absolute Gasteiger partial charge is 0.0471 e. The molecule has 0 unspecified atom stereocenters. The molecule has 3 rings (SSSR count). The Morgan fingerprint density at radius 3 is 2.78 bits per heavy atom. The molecular weight excluding hydrogens is 244 g/mol. The number of fused-ring (bicyclic) bond motifs is 1. The molecule has 92 valence electrons. The third-order valence-corrected chi connectivity index (χ3v) is 3.68. The third-order valence-electron chi connectivity index (χ3n) is 3.45. The first-order valence-corrected chi connectivity index (χ1v) is 6.51. The van der Waals surface area contributed by atoms with E-state index in [2.05, 4.69) is 29.2 Å². The number of benzene rings is 2. The van der Waals surface area contributed by atoms with Crippen LogP contribution in [0.5, 0.6) is 0 Å². The Morgan fingerprint density at radius 1 is 1.11 bits per heavy atom. The number of nitrogens with zero attached hydrogens (tertiary/aromatic N) is 1. The zero-order valence-corrected chi connectivity index (χ0v) is 10.8. The van der Waals surface area contributed by atoms with Crippen LogP contribution in [0.3, 0.4) is 0 Å². The molecule has 0 saturated heterocycles. The van der Waals surface area contributed by atoms with Crippen molar-refractivity contribution < 1.29 is 0 Å². The average Bonchev–Trinajstić information content (AvgIpc) is 2.82. The van der Waals surface area contributed by atoms with E-state index in [1.807, 2.05) is 18.2 Å². The Balaban J connectivity index is 2.09. The molecule has 18 heavy (non-hydrogen) atoms. The van der Waals surface area contributed by atoms with Crippen LogP contribution >= 0.6 is 11.6 Å². The minimum atomic E-state index is 0.533. The highest BCUT2D eigenvalue weighted by Crippen LogP contribution is 2.37. The lowest BCUT2D eigenvalue weighted by Crippen LogP contribution is -2.16. The van der Waals surface area contributed by atoms with E-state index in [9.17, 15) is 0 Å². The molecule has 0 spiro atoms. The predicted molar refractivity (Wildman–Crippen MR) is 76.5 cm³/mol. The lowest BCUT2D eigenvalue weighted by atomic mass is 10.1. The normalized spacial score (nSPS) is 13.8. The van der Waals surface area contributed by atoms with Gasteiger partial charge in [-0.25, -0.2) is 0 Å². The Morgan fingerprint density at radius 2 is 1.94 bits per heavy atom. The van der Waals surface area contributed by atoms with Crippen LogP contribution in [0.2, 0.25) is 5.02 Å². The average molecular weight is 259 g/mol. The summed E-state index contributed by atoms with van der Waals surface area (Å²) in [4.78, 5) is 2.31. The Bertz CT molecular complexity index is 580. The molecule has 1 aliphatic heterocycles. The van der Waals surface area contributed by atoms with Crippen molar-refractivity contribution in [2.75, 3.05) is 11.4 Å². The zero-order chi connectivity index (χ0) is 12.5. The molecule has 2 N–H and O–H groups in total. The number of hydrogen-bond donors (Lipinski definition) is 1. The van der Waals surface area contributed by atoms with Crippen molar-refractivity contribution in [1.29, 1.82) is 0 Å². The predicted octanol–water partition coefficient (Wildman–Crippen LogP) is 3.49. The fourth-order valence-electron chi connectivity index (χ4n) is 2.55. The van der Waals surface area contributed by atoms with Gasteiger partial charge in [-0.2, -0.15) is 0 Å². The molecule has 2 aromatic rings. The van der Waals surface area contributed by atoms with Crippen LogP contribution in [-0.4, -0.2) is 6.54 Å². The molecule has 0 radical (unpaired) electrons. The minimum Gasteiger partial charge on any atom is -0.341 e. The third kappa shape index (κ3) is 1.88. The first-order chi connectivity index (χ1) is 8.79. The number of para-hydroxylation sites is 1. The molecule has 0 aliphatic carbocycles. The van der Waals surface area contributed by atoms with Crippen molar-refractivity contribution in [2.24, 2.45) is 5.73 Å². The summed E-state index contributed by atoms with van der Waals surface area (Å²) in [5.74, 6) is 0. The first-order valence-electron chi connectivity index (χ1n) is 6.13. The van der Waals surface area contributed by atoms with Crippen molar-refractivity contribution in [3.63, 3.8) is 0 Å². The SMILES string of the molecule is NCc1ccc(Cl)cc1N1CCc2ccccc21. The van der Waals surface area contributed by atoms with Crippen LogP contribution in [0.1, 0.15) is 11.1 Å². The maximum absolute atomic E-state index is 6.11. The monoisotopic (exact) mass is 258 g/mol. The van der Waals surface area contributed by atoms with Crippen molar-refractivity contribution in [2.45, 2.75) is 13.0 Å². The zero-order valence-electron chi connectivity index (χ0n) is 10.1. The second kappa shape index (κ2) is 4.63. The van der Waals surface area contributed by atoms with E-state index >= 15 is 0 Å². The van der Waals surface area contributed by atoms with Crippen LogP contribution < -0.4 is 10.6 Å². The van der Waals surface area contributed by atoms with Crippen LogP contribution in [0.25, 0.3) is 0 Å². The lowest BCUT2D eigenvalue weighted by molar-refractivity contribution is 0.972. The largest absolute Gasteiger partial charge is 0.341 e. The molecule has 1 aliphatic rings. The van der Waals surface area contributed by atoms with Gasteiger partial charge in [0.05, 0.1) is 0 Å². The second-order valence-corrected chi connectivity index (χ2v) is 4.94. The van der Waals surface area contributed by atoms with Crippen molar-refractivity contribution >= 4 is 23.0 Å². The summed E-state index contributed by atoms with van der Waals surface area (Å²) in [5, 5.41) is 0.756. The molecule has 3 heteroatoms. The highest BCUT2D eigenvalue weighted by Gasteiger charge is 2.21. The molecule has 0 amide bonds. The lowest BCUT2D eigenvalue weighted by Gasteiger charge is -2.22. The standard InChI is InChI=1S/C15H15ClN2/c16-13-6-5-12(10-17)15(9-13)18-8-7-11-3-1-2-4-14(11)18/h1-6,9H,7-8,10,17H2. The number of rotatable bonds is 2. The summed E-state index contributed by atoms with van der Waals surface area (Å²) in [6.45, 7) is 1.53. The first kappa shape index (κ1) is 11.6. The Labute approximate surface area is 112 Å². The van der Waals surface area contributed by atoms with E-state index in [1.165, 1.54) is 11.3 Å². The van der Waals surface area contributed by atoms with Gasteiger partial charge >= 0.3 is 0 Å². The van der Waals surface area contributed by atoms with Gasteiger partial charge in [0.2, 0.25) is 0 Å². The fraction of sp³-hybridized carbons (Fsp3) is 0.200. The molecule has 0 fully saturated rings. The van der Waals surface area contributed by atoms with Gasteiger partial charge in [-0.15, -0.1) is 0 Å². The van der Waals surface area contributed by atoms with E-state index in [-0.39, 0.29) is 0 Å². The summed E-state index contributed by atoms with van der Waals surface area (Å²) in [7, 11) is 0. The number of hydrogen-bond acceptors (Lipinski definition) is 2. The number of halogens is 1. The van der Waals surface area contributed by atoms with Gasteiger partial charge in [-0.1, -0.05) is 35.9 Å². The molecule has 1 heterocycles. The van der Waals surface area contributed by atoms with E-state index in [0.29, 0.717) is 6.54 Å². The van der Waals surface area contributed by atoms with Crippen molar-refractivity contribution in [3.05, 3.63) is 58.6 Å². The second-order valence-electron chi connectivity index (χ2n) is 4.51. The van der Waals surface area contributed by atoms with Crippen LogP contribution in [0.4, 0.5) is 11.4 Å². The highest BCUT2D eigenvalue weighted by atomic mass is 35.5. The van der Waals surface area contributed by atoms with E-state index in [1.54, 1.807) is 0 Å². The van der Waals surface area contributed by atoms with Gasteiger partial charge in [0.15, 0.2) is 0 Å². The Hall–Kier alpha value is -1.51. The number of anilines is 2. The molecular formula is C15H15ClN2. The van der Waals surface area contributed by atoms with Crippen LogP contribution in [0.15, 0.2) is 42.5 Å². The molecule has 2 aromatic carbocycles. The fourth-order valence-corrected chi connectivity index (χ4v) is 2.72. The van der Waals surface area contributed by atoms with E-state index < -0.39 is 0 Å². The van der Waals surface area contributed by atoms with Crippen LogP contribution in [-0.2, 0) is 13.0 Å². The van der Waals surface area contributed by atoms with E-state index in [0.717, 1.165) is 29.2 Å².